The van der Waals surface area contributed by atoms with E-state index >= 15 is 0 Å². The number of aromatic nitrogens is 4. The number of carbonyl (C=O) groups is 1. The summed E-state index contributed by atoms with van der Waals surface area (Å²) in [5.74, 6) is 0.739. The Kier molecular flexibility index (Phi) is 4.49. The summed E-state index contributed by atoms with van der Waals surface area (Å²) in [6.45, 7) is 4.21. The molecule has 26 heavy (non-hydrogen) atoms. The normalized spacial score (nSPS) is 17.0. The standard InChI is InChI=1S/C18H20N6O2/c1-13-6-15(22-26-13)9-23-10-16-8-19-12-24(16)17(11-23)18(25)21-7-14-4-2-3-5-20-14/h2-6,8,12,17H,7,9-11H2,1H3,(H,21,25). The molecular formula is C18H20N6O2. The largest absolute Gasteiger partial charge is 0.361 e. The van der Waals surface area contributed by atoms with Crippen molar-refractivity contribution in [2.45, 2.75) is 32.6 Å². The highest BCUT2D eigenvalue weighted by molar-refractivity contribution is 5.80. The maximum Gasteiger partial charge on any atom is 0.244 e. The molecule has 3 aromatic rings. The Hall–Kier alpha value is -3.00. The predicted octanol–water partition coefficient (Wildman–Crippen LogP) is 1.45. The highest BCUT2D eigenvalue weighted by Crippen LogP contribution is 2.22. The van der Waals surface area contributed by atoms with Crippen molar-refractivity contribution in [1.29, 1.82) is 0 Å². The van der Waals surface area contributed by atoms with Gasteiger partial charge in [0.15, 0.2) is 0 Å². The molecule has 0 saturated carbocycles. The molecule has 134 valence electrons. The Balaban J connectivity index is 1.46. The Morgan fingerprint density at radius 2 is 2.31 bits per heavy atom. The van der Waals surface area contributed by atoms with Gasteiger partial charge in [0.25, 0.3) is 0 Å². The molecule has 4 heterocycles. The van der Waals surface area contributed by atoms with Crippen LogP contribution in [0.4, 0.5) is 0 Å². The van der Waals surface area contributed by atoms with E-state index in [1.54, 1.807) is 18.7 Å². The first-order valence-electron chi connectivity index (χ1n) is 8.52. The van der Waals surface area contributed by atoms with Crippen molar-refractivity contribution < 1.29 is 9.32 Å². The van der Waals surface area contributed by atoms with Gasteiger partial charge in [0.1, 0.15) is 11.8 Å². The number of hydrogen-bond donors (Lipinski definition) is 1. The lowest BCUT2D eigenvalue weighted by Crippen LogP contribution is -2.44. The second-order valence-electron chi connectivity index (χ2n) is 6.45. The number of rotatable bonds is 5. The Morgan fingerprint density at radius 3 is 3.08 bits per heavy atom. The minimum Gasteiger partial charge on any atom is -0.361 e. The van der Waals surface area contributed by atoms with Crippen molar-refractivity contribution in [2.24, 2.45) is 0 Å². The van der Waals surface area contributed by atoms with Crippen LogP contribution in [-0.2, 0) is 24.4 Å². The van der Waals surface area contributed by atoms with Gasteiger partial charge in [-0.15, -0.1) is 0 Å². The Morgan fingerprint density at radius 1 is 1.38 bits per heavy atom. The fourth-order valence-electron chi connectivity index (χ4n) is 3.21. The van der Waals surface area contributed by atoms with E-state index in [0.717, 1.165) is 29.4 Å². The maximum atomic E-state index is 12.8. The van der Waals surface area contributed by atoms with Crippen LogP contribution in [0.1, 0.15) is 28.9 Å². The summed E-state index contributed by atoms with van der Waals surface area (Å²) in [4.78, 5) is 23.4. The second kappa shape index (κ2) is 7.09. The minimum absolute atomic E-state index is 0.0454. The SMILES string of the molecule is Cc1cc(CN2Cc3cncn3C(C(=O)NCc3ccccn3)C2)no1. The third-order valence-electron chi connectivity index (χ3n) is 4.43. The monoisotopic (exact) mass is 352 g/mol. The molecule has 0 spiro atoms. The van der Waals surface area contributed by atoms with Crippen molar-refractivity contribution in [2.75, 3.05) is 6.54 Å². The summed E-state index contributed by atoms with van der Waals surface area (Å²) in [6.07, 6.45) is 5.24. The van der Waals surface area contributed by atoms with Gasteiger partial charge in [0.05, 0.1) is 30.0 Å². The molecule has 0 bridgehead atoms. The molecule has 1 unspecified atom stereocenters. The van der Waals surface area contributed by atoms with Gasteiger partial charge in [0.2, 0.25) is 5.91 Å². The van der Waals surface area contributed by atoms with Crippen molar-refractivity contribution in [3.8, 4) is 0 Å². The molecule has 1 amide bonds. The van der Waals surface area contributed by atoms with Gasteiger partial charge in [0, 0.05) is 38.1 Å². The number of hydrogen-bond acceptors (Lipinski definition) is 6. The minimum atomic E-state index is -0.335. The first kappa shape index (κ1) is 16.5. The van der Waals surface area contributed by atoms with Crippen LogP contribution >= 0.6 is 0 Å². The Bertz CT molecular complexity index is 888. The summed E-state index contributed by atoms with van der Waals surface area (Å²) in [6, 6.07) is 7.24. The van der Waals surface area contributed by atoms with E-state index in [1.807, 2.05) is 35.8 Å². The molecule has 8 nitrogen and oxygen atoms in total. The summed E-state index contributed by atoms with van der Waals surface area (Å²) < 4.78 is 7.08. The van der Waals surface area contributed by atoms with E-state index in [1.165, 1.54) is 0 Å². The summed E-state index contributed by atoms with van der Waals surface area (Å²) in [5, 5.41) is 7.03. The highest BCUT2D eigenvalue weighted by atomic mass is 16.5. The van der Waals surface area contributed by atoms with Crippen molar-refractivity contribution in [3.05, 3.63) is 65.8 Å². The molecule has 1 atom stereocenters. The van der Waals surface area contributed by atoms with E-state index in [9.17, 15) is 4.79 Å². The molecule has 1 aliphatic heterocycles. The van der Waals surface area contributed by atoms with Gasteiger partial charge in [-0.05, 0) is 19.1 Å². The fourth-order valence-corrected chi connectivity index (χ4v) is 3.21. The summed E-state index contributed by atoms with van der Waals surface area (Å²) in [5.41, 5.74) is 2.70. The molecule has 1 aliphatic rings. The average molecular weight is 352 g/mol. The van der Waals surface area contributed by atoms with E-state index in [-0.39, 0.29) is 11.9 Å². The number of pyridine rings is 1. The van der Waals surface area contributed by atoms with E-state index < -0.39 is 0 Å². The zero-order chi connectivity index (χ0) is 17.9. The van der Waals surface area contributed by atoms with Crippen LogP contribution in [0.15, 0.2) is 47.5 Å². The number of fused-ring (bicyclic) bond motifs is 1. The molecule has 1 N–H and O–H groups in total. The average Bonchev–Trinajstić information content (AvgIpc) is 3.28. The van der Waals surface area contributed by atoms with Gasteiger partial charge in [-0.2, -0.15) is 0 Å². The molecule has 0 radical (unpaired) electrons. The number of nitrogens with one attached hydrogen (secondary N) is 1. The maximum absolute atomic E-state index is 12.8. The van der Waals surface area contributed by atoms with Crippen LogP contribution in [0.3, 0.4) is 0 Å². The lowest BCUT2D eigenvalue weighted by atomic mass is 10.1. The van der Waals surface area contributed by atoms with Crippen LogP contribution in [0.25, 0.3) is 0 Å². The molecule has 8 heteroatoms. The lowest BCUT2D eigenvalue weighted by molar-refractivity contribution is -0.125. The quantitative estimate of drug-likeness (QED) is 0.748. The first-order valence-corrected chi connectivity index (χ1v) is 8.52. The number of aryl methyl sites for hydroxylation is 1. The van der Waals surface area contributed by atoms with Crippen molar-refractivity contribution in [1.82, 2.24) is 29.9 Å². The fraction of sp³-hybridized carbons (Fsp3) is 0.333. The summed E-state index contributed by atoms with van der Waals surface area (Å²) in [7, 11) is 0. The Labute approximate surface area is 150 Å². The van der Waals surface area contributed by atoms with Gasteiger partial charge in [-0.3, -0.25) is 14.7 Å². The first-order chi connectivity index (χ1) is 12.7. The number of amides is 1. The molecule has 0 aliphatic carbocycles. The number of carbonyl (C=O) groups excluding carboxylic acids is 1. The van der Waals surface area contributed by atoms with E-state index in [2.05, 4.69) is 25.3 Å². The zero-order valence-electron chi connectivity index (χ0n) is 14.5. The van der Waals surface area contributed by atoms with Gasteiger partial charge in [-0.1, -0.05) is 11.2 Å². The van der Waals surface area contributed by atoms with Gasteiger partial charge < -0.3 is 14.4 Å². The molecule has 3 aromatic heterocycles. The van der Waals surface area contributed by atoms with Crippen LogP contribution in [0, 0.1) is 6.92 Å². The molecular weight excluding hydrogens is 332 g/mol. The van der Waals surface area contributed by atoms with Gasteiger partial charge in [-0.25, -0.2) is 4.98 Å². The zero-order valence-corrected chi connectivity index (χ0v) is 14.5. The van der Waals surface area contributed by atoms with Gasteiger partial charge >= 0.3 is 0 Å². The lowest BCUT2D eigenvalue weighted by Gasteiger charge is -2.33. The third kappa shape index (κ3) is 3.50. The molecule has 0 fully saturated rings. The van der Waals surface area contributed by atoms with Crippen LogP contribution in [0.2, 0.25) is 0 Å². The van der Waals surface area contributed by atoms with Crippen molar-refractivity contribution >= 4 is 5.91 Å². The van der Waals surface area contributed by atoms with E-state index in [4.69, 9.17) is 4.52 Å². The smallest absolute Gasteiger partial charge is 0.244 e. The predicted molar refractivity (Wildman–Crippen MR) is 92.7 cm³/mol. The third-order valence-corrected chi connectivity index (χ3v) is 4.43. The summed E-state index contributed by atoms with van der Waals surface area (Å²) >= 11 is 0. The van der Waals surface area contributed by atoms with Crippen LogP contribution < -0.4 is 5.32 Å². The number of nitrogens with zero attached hydrogens (tertiary/aromatic N) is 5. The highest BCUT2D eigenvalue weighted by Gasteiger charge is 2.30. The topological polar surface area (TPSA) is 89.1 Å². The second-order valence-corrected chi connectivity index (χ2v) is 6.45. The number of imidazole rings is 1. The molecule has 0 aromatic carbocycles. The van der Waals surface area contributed by atoms with Crippen LogP contribution in [-0.4, -0.2) is 37.0 Å². The molecule has 4 rings (SSSR count). The van der Waals surface area contributed by atoms with E-state index in [0.29, 0.717) is 19.6 Å². The van der Waals surface area contributed by atoms with Crippen LogP contribution in [0.5, 0.6) is 0 Å². The van der Waals surface area contributed by atoms with Crippen molar-refractivity contribution in [3.63, 3.8) is 0 Å². The molecule has 0 saturated heterocycles.